The lowest BCUT2D eigenvalue weighted by molar-refractivity contribution is 0.237. The van der Waals surface area contributed by atoms with Crippen LogP contribution in [-0.4, -0.2) is 6.17 Å². The fraction of sp³-hybridized carbons (Fsp3) is 0.714. The molecule has 0 saturated carbocycles. The number of hydrogen-bond acceptors (Lipinski definition) is 0. The molecule has 8 heavy (non-hydrogen) atoms. The molecule has 2 atom stereocenters. The molecule has 0 saturated heterocycles. The van der Waals surface area contributed by atoms with Gasteiger partial charge in [-0.05, 0) is 18.8 Å². The van der Waals surface area contributed by atoms with E-state index in [-0.39, 0.29) is 5.92 Å². The highest BCUT2D eigenvalue weighted by Gasteiger charge is 2.15. The van der Waals surface area contributed by atoms with E-state index in [4.69, 9.17) is 0 Å². The van der Waals surface area contributed by atoms with Crippen molar-refractivity contribution < 1.29 is 4.39 Å². The molecular formula is C7H11F. The average Bonchev–Trinajstić information content (AvgIpc) is 1.77. The van der Waals surface area contributed by atoms with Gasteiger partial charge in [-0.2, -0.15) is 0 Å². The van der Waals surface area contributed by atoms with E-state index in [9.17, 15) is 4.39 Å². The first-order valence-electron chi connectivity index (χ1n) is 3.10. The van der Waals surface area contributed by atoms with Crippen LogP contribution in [-0.2, 0) is 0 Å². The highest BCUT2D eigenvalue weighted by atomic mass is 19.1. The molecule has 0 fully saturated rings. The van der Waals surface area contributed by atoms with Gasteiger partial charge in [0.15, 0.2) is 0 Å². The van der Waals surface area contributed by atoms with E-state index in [1.807, 2.05) is 13.0 Å². The number of halogens is 1. The summed E-state index contributed by atoms with van der Waals surface area (Å²) in [5.41, 5.74) is 0. The van der Waals surface area contributed by atoms with Crippen LogP contribution in [0, 0.1) is 5.92 Å². The molecule has 0 spiro atoms. The van der Waals surface area contributed by atoms with Crippen LogP contribution < -0.4 is 0 Å². The first-order valence-corrected chi connectivity index (χ1v) is 3.10. The topological polar surface area (TPSA) is 0 Å². The molecule has 0 aromatic heterocycles. The molecule has 0 nitrogen and oxygen atoms in total. The van der Waals surface area contributed by atoms with Crippen molar-refractivity contribution in [3.05, 3.63) is 12.2 Å². The number of hydrogen-bond donors (Lipinski definition) is 0. The minimum Gasteiger partial charge on any atom is -0.247 e. The molecule has 0 aromatic rings. The van der Waals surface area contributed by atoms with E-state index < -0.39 is 6.17 Å². The lowest BCUT2D eigenvalue weighted by Crippen LogP contribution is -2.13. The maximum atomic E-state index is 12.5. The Labute approximate surface area is 49.4 Å². The third-order valence-corrected chi connectivity index (χ3v) is 1.65. The second-order valence-electron chi connectivity index (χ2n) is 2.44. The van der Waals surface area contributed by atoms with Crippen LogP contribution in [0.3, 0.4) is 0 Å². The van der Waals surface area contributed by atoms with Crippen molar-refractivity contribution in [3.8, 4) is 0 Å². The molecule has 0 bridgehead atoms. The second kappa shape index (κ2) is 2.29. The minimum absolute atomic E-state index is 0.250. The number of allylic oxidation sites excluding steroid dienone is 2. The van der Waals surface area contributed by atoms with Crippen molar-refractivity contribution >= 4 is 0 Å². The molecule has 1 rings (SSSR count). The zero-order valence-corrected chi connectivity index (χ0v) is 5.10. The summed E-state index contributed by atoms with van der Waals surface area (Å²) in [6.45, 7) is 1.95. The molecule has 1 aliphatic carbocycles. The summed E-state index contributed by atoms with van der Waals surface area (Å²) in [5.74, 6) is 0.250. The predicted molar refractivity (Wildman–Crippen MR) is 32.4 cm³/mol. The lowest BCUT2D eigenvalue weighted by Gasteiger charge is -2.16. The van der Waals surface area contributed by atoms with Crippen LogP contribution >= 0.6 is 0 Å². The summed E-state index contributed by atoms with van der Waals surface area (Å²) in [7, 11) is 0. The van der Waals surface area contributed by atoms with Crippen LogP contribution in [0.15, 0.2) is 12.2 Å². The lowest BCUT2D eigenvalue weighted by atomic mass is 9.95. The molecule has 1 aliphatic rings. The molecule has 0 amide bonds. The van der Waals surface area contributed by atoms with Crippen LogP contribution in [0.1, 0.15) is 19.8 Å². The van der Waals surface area contributed by atoms with Gasteiger partial charge >= 0.3 is 0 Å². The molecule has 0 N–H and O–H groups in total. The Morgan fingerprint density at radius 3 is 2.38 bits per heavy atom. The van der Waals surface area contributed by atoms with Gasteiger partial charge in [-0.25, -0.2) is 4.39 Å². The average molecular weight is 114 g/mol. The second-order valence-corrected chi connectivity index (χ2v) is 2.44. The SMILES string of the molecule is CC1CC=CC[C@@H]1F. The van der Waals surface area contributed by atoms with Crippen molar-refractivity contribution in [2.75, 3.05) is 0 Å². The Bertz CT molecular complexity index is 84.6. The smallest absolute Gasteiger partial charge is 0.106 e. The Balaban J connectivity index is 2.44. The molecule has 0 aromatic carbocycles. The Kier molecular flexibility index (Phi) is 1.66. The number of alkyl halides is 1. The van der Waals surface area contributed by atoms with Crippen molar-refractivity contribution in [1.29, 1.82) is 0 Å². The normalized spacial score (nSPS) is 37.8. The van der Waals surface area contributed by atoms with E-state index in [0.29, 0.717) is 6.42 Å². The number of rotatable bonds is 0. The largest absolute Gasteiger partial charge is 0.247 e. The summed E-state index contributed by atoms with van der Waals surface area (Å²) in [6, 6.07) is 0. The molecule has 1 heteroatoms. The highest BCUT2D eigenvalue weighted by Crippen LogP contribution is 2.20. The molecule has 0 radical (unpaired) electrons. The maximum Gasteiger partial charge on any atom is 0.106 e. The Hall–Kier alpha value is -0.330. The summed E-state index contributed by atoms with van der Waals surface area (Å²) in [4.78, 5) is 0. The summed E-state index contributed by atoms with van der Waals surface area (Å²) < 4.78 is 12.5. The van der Waals surface area contributed by atoms with Crippen molar-refractivity contribution in [1.82, 2.24) is 0 Å². The molecular weight excluding hydrogens is 103 g/mol. The van der Waals surface area contributed by atoms with Gasteiger partial charge in [0.05, 0.1) is 0 Å². The van der Waals surface area contributed by atoms with E-state index in [0.717, 1.165) is 6.42 Å². The molecule has 0 aliphatic heterocycles. The monoisotopic (exact) mass is 114 g/mol. The predicted octanol–water partition coefficient (Wildman–Crippen LogP) is 2.31. The third kappa shape index (κ3) is 1.09. The van der Waals surface area contributed by atoms with Gasteiger partial charge in [-0.3, -0.25) is 0 Å². The molecule has 1 unspecified atom stereocenters. The van der Waals surface area contributed by atoms with Crippen molar-refractivity contribution in [2.24, 2.45) is 5.92 Å². The van der Waals surface area contributed by atoms with Gasteiger partial charge in [-0.15, -0.1) is 0 Å². The zero-order valence-electron chi connectivity index (χ0n) is 5.10. The quantitative estimate of drug-likeness (QED) is 0.424. The standard InChI is InChI=1S/C7H11F/c1-6-4-2-3-5-7(6)8/h2-3,6-7H,4-5H2,1H3/t6?,7-/m0/s1. The van der Waals surface area contributed by atoms with Crippen molar-refractivity contribution in [2.45, 2.75) is 25.9 Å². The summed E-state index contributed by atoms with van der Waals surface area (Å²) in [5, 5.41) is 0. The van der Waals surface area contributed by atoms with Crippen LogP contribution in [0.2, 0.25) is 0 Å². The van der Waals surface area contributed by atoms with Gasteiger partial charge in [-0.1, -0.05) is 19.1 Å². The van der Waals surface area contributed by atoms with E-state index in [1.54, 1.807) is 0 Å². The van der Waals surface area contributed by atoms with Crippen LogP contribution in [0.4, 0.5) is 4.39 Å². The highest BCUT2D eigenvalue weighted by molar-refractivity contribution is 4.93. The molecule has 0 heterocycles. The first kappa shape index (κ1) is 5.80. The Morgan fingerprint density at radius 2 is 2.00 bits per heavy atom. The zero-order chi connectivity index (χ0) is 5.98. The Morgan fingerprint density at radius 1 is 1.38 bits per heavy atom. The van der Waals surface area contributed by atoms with Crippen LogP contribution in [0.25, 0.3) is 0 Å². The fourth-order valence-electron chi connectivity index (χ4n) is 0.917. The third-order valence-electron chi connectivity index (χ3n) is 1.65. The van der Waals surface area contributed by atoms with Gasteiger partial charge in [0.25, 0.3) is 0 Å². The fourth-order valence-corrected chi connectivity index (χ4v) is 0.917. The van der Waals surface area contributed by atoms with Gasteiger partial charge in [0.2, 0.25) is 0 Å². The van der Waals surface area contributed by atoms with Gasteiger partial charge in [0, 0.05) is 0 Å². The van der Waals surface area contributed by atoms with E-state index in [2.05, 4.69) is 6.08 Å². The first-order chi connectivity index (χ1) is 3.80. The van der Waals surface area contributed by atoms with Gasteiger partial charge in [0.1, 0.15) is 6.17 Å². The summed E-state index contributed by atoms with van der Waals surface area (Å²) >= 11 is 0. The maximum absolute atomic E-state index is 12.5. The summed E-state index contributed by atoms with van der Waals surface area (Å²) in [6.07, 6.45) is 4.94. The molecule has 46 valence electrons. The van der Waals surface area contributed by atoms with E-state index in [1.165, 1.54) is 0 Å². The minimum atomic E-state index is -0.583. The van der Waals surface area contributed by atoms with Gasteiger partial charge < -0.3 is 0 Å². The van der Waals surface area contributed by atoms with E-state index >= 15 is 0 Å². The van der Waals surface area contributed by atoms with Crippen LogP contribution in [0.5, 0.6) is 0 Å². The van der Waals surface area contributed by atoms with Crippen molar-refractivity contribution in [3.63, 3.8) is 0 Å².